The molecule has 0 amide bonds. The van der Waals surface area contributed by atoms with E-state index in [9.17, 15) is 0 Å². The van der Waals surface area contributed by atoms with E-state index in [1.54, 1.807) is 0 Å². The minimum atomic E-state index is 0.574. The van der Waals surface area contributed by atoms with E-state index in [0.717, 1.165) is 11.5 Å². The molecule has 1 aromatic carbocycles. The van der Waals surface area contributed by atoms with Crippen LogP contribution in [0.5, 0.6) is 0 Å². The molecule has 0 aromatic heterocycles. The Morgan fingerprint density at radius 3 is 2.38 bits per heavy atom. The molecule has 0 aliphatic rings. The maximum atomic E-state index is 8.56. The van der Waals surface area contributed by atoms with Gasteiger partial charge in [-0.25, -0.2) is 0 Å². The molecule has 0 saturated heterocycles. The van der Waals surface area contributed by atoms with Crippen LogP contribution in [0, 0.1) is 11.3 Å². The first-order valence-electron chi connectivity index (χ1n) is 7.46. The molecule has 1 aromatic rings. The third-order valence-corrected chi connectivity index (χ3v) is 4.99. The molecule has 0 spiro atoms. The average molecular weight is 320 g/mol. The Morgan fingerprint density at radius 1 is 1.19 bits per heavy atom. The molecule has 0 aliphatic heterocycles. The van der Waals surface area contributed by atoms with E-state index in [0.29, 0.717) is 17.6 Å². The lowest BCUT2D eigenvalue weighted by molar-refractivity contribution is 0.866. The van der Waals surface area contributed by atoms with Crippen LogP contribution in [0.3, 0.4) is 0 Å². The quantitative estimate of drug-likeness (QED) is 0.554. The summed E-state index contributed by atoms with van der Waals surface area (Å²) in [4.78, 5) is 1.35. The Kier molecular flexibility index (Phi) is 8.64. The molecule has 0 heterocycles. The van der Waals surface area contributed by atoms with Crippen LogP contribution in [-0.4, -0.2) is 16.8 Å². The number of hydrogen-bond donors (Lipinski definition) is 0. The van der Waals surface area contributed by atoms with Gasteiger partial charge in [0.25, 0.3) is 0 Å². The smallest absolute Gasteiger partial charge is 0.0630 e. The van der Waals surface area contributed by atoms with Crippen molar-refractivity contribution in [3.05, 3.63) is 41.5 Å². The Balaban J connectivity index is 2.76. The van der Waals surface area contributed by atoms with Gasteiger partial charge >= 0.3 is 0 Å². The molecule has 0 saturated carbocycles. The lowest BCUT2D eigenvalue weighted by Gasteiger charge is -2.12. The van der Waals surface area contributed by atoms with E-state index < -0.39 is 0 Å². The Hall–Kier alpha value is -0.850. The summed E-state index contributed by atoms with van der Waals surface area (Å²) >= 11 is 3.74. The van der Waals surface area contributed by atoms with E-state index in [4.69, 9.17) is 5.26 Å². The summed E-state index contributed by atoms with van der Waals surface area (Å²) in [6.07, 6.45) is 2.94. The van der Waals surface area contributed by atoms with Crippen LogP contribution in [0.25, 0.3) is 4.91 Å². The van der Waals surface area contributed by atoms with Crippen LogP contribution in [0.2, 0.25) is 0 Å². The topological polar surface area (TPSA) is 23.8 Å². The SMILES string of the molecule is CC(C)S/C(=C/CSCCC#N)c1ccc(C(C)C)cc1. The maximum Gasteiger partial charge on any atom is 0.0630 e. The van der Waals surface area contributed by atoms with Crippen molar-refractivity contribution in [3.8, 4) is 6.07 Å². The number of rotatable bonds is 8. The van der Waals surface area contributed by atoms with E-state index in [-0.39, 0.29) is 0 Å². The molecular weight excluding hydrogens is 294 g/mol. The first kappa shape index (κ1) is 18.2. The third-order valence-electron chi connectivity index (χ3n) is 2.97. The molecular formula is C18H25NS2. The zero-order valence-electron chi connectivity index (χ0n) is 13.4. The largest absolute Gasteiger partial charge is 0.198 e. The summed E-state index contributed by atoms with van der Waals surface area (Å²) in [6.45, 7) is 8.90. The molecule has 0 aliphatic carbocycles. The van der Waals surface area contributed by atoms with Gasteiger partial charge in [0.2, 0.25) is 0 Å². The van der Waals surface area contributed by atoms with Crippen LogP contribution >= 0.6 is 23.5 Å². The van der Waals surface area contributed by atoms with Gasteiger partial charge in [0.15, 0.2) is 0 Å². The summed E-state index contributed by atoms with van der Waals surface area (Å²) in [5.74, 6) is 2.47. The van der Waals surface area contributed by atoms with Crippen LogP contribution < -0.4 is 0 Å². The van der Waals surface area contributed by atoms with Crippen molar-refractivity contribution in [2.24, 2.45) is 0 Å². The highest BCUT2D eigenvalue weighted by atomic mass is 32.2. The number of nitrogens with zero attached hydrogens (tertiary/aromatic N) is 1. The standard InChI is InChI=1S/C18H25NS2/c1-14(2)16-6-8-17(9-7-16)18(21-15(3)4)10-13-20-12-5-11-19/h6-10,14-15H,5,12-13H2,1-4H3/b18-10+. The molecule has 0 N–H and O–H groups in total. The predicted molar refractivity (Wildman–Crippen MR) is 98.8 cm³/mol. The summed E-state index contributed by atoms with van der Waals surface area (Å²) in [7, 11) is 0. The third kappa shape index (κ3) is 7.11. The highest BCUT2D eigenvalue weighted by Crippen LogP contribution is 2.32. The summed E-state index contributed by atoms with van der Waals surface area (Å²) in [5.41, 5.74) is 2.69. The number of hydrogen-bond acceptors (Lipinski definition) is 3. The lowest BCUT2D eigenvalue weighted by Crippen LogP contribution is -1.92. The van der Waals surface area contributed by atoms with Crippen molar-refractivity contribution >= 4 is 28.4 Å². The molecule has 0 atom stereocenters. The second-order valence-corrected chi connectivity index (χ2v) is 8.26. The van der Waals surface area contributed by atoms with Crippen molar-refractivity contribution in [2.75, 3.05) is 11.5 Å². The normalized spacial score (nSPS) is 12.0. The fourth-order valence-corrected chi connectivity index (χ4v) is 3.61. The van der Waals surface area contributed by atoms with Gasteiger partial charge in [-0.05, 0) is 17.0 Å². The zero-order valence-corrected chi connectivity index (χ0v) is 15.1. The predicted octanol–water partition coefficient (Wildman–Crippen LogP) is 5.94. The molecule has 114 valence electrons. The molecule has 21 heavy (non-hydrogen) atoms. The Bertz CT molecular complexity index is 481. The van der Waals surface area contributed by atoms with Crippen molar-refractivity contribution in [1.29, 1.82) is 5.26 Å². The molecule has 0 bridgehead atoms. The van der Waals surface area contributed by atoms with Gasteiger partial charge in [0, 0.05) is 28.1 Å². The van der Waals surface area contributed by atoms with Gasteiger partial charge in [-0.1, -0.05) is 58.0 Å². The van der Waals surface area contributed by atoms with E-state index in [1.165, 1.54) is 16.0 Å². The summed E-state index contributed by atoms with van der Waals surface area (Å²) in [5, 5.41) is 9.13. The van der Waals surface area contributed by atoms with Crippen LogP contribution in [-0.2, 0) is 0 Å². The molecule has 1 rings (SSSR count). The highest BCUT2D eigenvalue weighted by Gasteiger charge is 2.06. The van der Waals surface area contributed by atoms with Crippen LogP contribution in [0.4, 0.5) is 0 Å². The first-order chi connectivity index (χ1) is 10.0. The monoisotopic (exact) mass is 319 g/mol. The zero-order chi connectivity index (χ0) is 15.7. The molecule has 0 fully saturated rings. The van der Waals surface area contributed by atoms with Gasteiger partial charge in [0.1, 0.15) is 0 Å². The van der Waals surface area contributed by atoms with Crippen molar-refractivity contribution in [2.45, 2.75) is 45.3 Å². The van der Waals surface area contributed by atoms with Crippen LogP contribution in [0.1, 0.15) is 51.2 Å². The minimum Gasteiger partial charge on any atom is -0.198 e. The first-order valence-corrected chi connectivity index (χ1v) is 9.50. The second-order valence-electron chi connectivity index (χ2n) is 5.49. The number of nitriles is 1. The van der Waals surface area contributed by atoms with Crippen molar-refractivity contribution in [3.63, 3.8) is 0 Å². The second kappa shape index (κ2) is 9.97. The number of benzene rings is 1. The summed E-state index contributed by atoms with van der Waals surface area (Å²) in [6, 6.07) is 11.1. The van der Waals surface area contributed by atoms with Crippen molar-refractivity contribution in [1.82, 2.24) is 0 Å². The Labute approximate surface area is 138 Å². The Morgan fingerprint density at radius 2 is 1.86 bits per heavy atom. The van der Waals surface area contributed by atoms with E-state index >= 15 is 0 Å². The van der Waals surface area contributed by atoms with Crippen molar-refractivity contribution < 1.29 is 0 Å². The van der Waals surface area contributed by atoms with Gasteiger partial charge in [-0.15, -0.1) is 11.8 Å². The van der Waals surface area contributed by atoms with Gasteiger partial charge in [0.05, 0.1) is 6.07 Å². The fourth-order valence-electron chi connectivity index (χ4n) is 1.86. The van der Waals surface area contributed by atoms with E-state index in [2.05, 4.69) is 64.1 Å². The summed E-state index contributed by atoms with van der Waals surface area (Å²) < 4.78 is 0. The van der Waals surface area contributed by atoms with Gasteiger partial charge in [-0.3, -0.25) is 0 Å². The molecule has 0 unspecified atom stereocenters. The molecule has 1 nitrogen and oxygen atoms in total. The number of thioether (sulfide) groups is 2. The van der Waals surface area contributed by atoms with Gasteiger partial charge < -0.3 is 0 Å². The van der Waals surface area contributed by atoms with E-state index in [1.807, 2.05) is 23.5 Å². The average Bonchev–Trinajstić information content (AvgIpc) is 2.45. The fraction of sp³-hybridized carbons (Fsp3) is 0.500. The van der Waals surface area contributed by atoms with Gasteiger partial charge in [-0.2, -0.15) is 17.0 Å². The molecule has 3 heteroatoms. The minimum absolute atomic E-state index is 0.574. The lowest BCUT2D eigenvalue weighted by atomic mass is 10.0. The molecule has 0 radical (unpaired) electrons. The van der Waals surface area contributed by atoms with Crippen LogP contribution in [0.15, 0.2) is 30.3 Å². The maximum absolute atomic E-state index is 8.56. The highest BCUT2D eigenvalue weighted by molar-refractivity contribution is 8.08.